The van der Waals surface area contributed by atoms with Crippen LogP contribution in [0.15, 0.2) is 0 Å². The SMILES string of the molecule is COCC1CCN(C(=O)N2CC(=O)NCC2C(=O)O)C1. The van der Waals surface area contributed by atoms with Crippen LogP contribution in [0, 0.1) is 5.92 Å². The first kappa shape index (κ1) is 14.6. The number of nitrogens with zero attached hydrogens (tertiary/aromatic N) is 2. The Morgan fingerprint density at radius 2 is 2.25 bits per heavy atom. The quantitative estimate of drug-likeness (QED) is 0.690. The van der Waals surface area contributed by atoms with Crippen molar-refractivity contribution in [2.75, 3.05) is 39.9 Å². The molecule has 0 aliphatic carbocycles. The van der Waals surface area contributed by atoms with Gasteiger partial charge in [0.1, 0.15) is 12.6 Å². The molecule has 0 aromatic carbocycles. The summed E-state index contributed by atoms with van der Waals surface area (Å²) >= 11 is 0. The van der Waals surface area contributed by atoms with E-state index in [-0.39, 0.29) is 30.9 Å². The molecular weight excluding hydrogens is 266 g/mol. The molecule has 2 aliphatic heterocycles. The lowest BCUT2D eigenvalue weighted by Crippen LogP contribution is -2.61. The van der Waals surface area contributed by atoms with Gasteiger partial charge in [-0.3, -0.25) is 9.69 Å². The standard InChI is InChI=1S/C12H19N3O5/c1-20-7-8-2-3-14(5-8)12(19)15-6-10(16)13-4-9(15)11(17)18/h8-9H,2-7H2,1H3,(H,13,16)(H,17,18). The summed E-state index contributed by atoms with van der Waals surface area (Å²) < 4.78 is 5.07. The Morgan fingerprint density at radius 1 is 1.50 bits per heavy atom. The number of rotatable bonds is 3. The van der Waals surface area contributed by atoms with Gasteiger partial charge in [-0.05, 0) is 6.42 Å². The van der Waals surface area contributed by atoms with Gasteiger partial charge in [-0.25, -0.2) is 9.59 Å². The summed E-state index contributed by atoms with van der Waals surface area (Å²) in [6.45, 7) is 1.43. The average molecular weight is 285 g/mol. The number of carboxylic acids is 1. The molecule has 0 bridgehead atoms. The van der Waals surface area contributed by atoms with E-state index in [2.05, 4.69) is 5.32 Å². The third-order valence-electron chi connectivity index (χ3n) is 3.67. The van der Waals surface area contributed by atoms with Gasteiger partial charge < -0.3 is 20.1 Å². The van der Waals surface area contributed by atoms with E-state index in [9.17, 15) is 14.4 Å². The molecule has 2 rings (SSSR count). The zero-order valence-corrected chi connectivity index (χ0v) is 11.4. The minimum atomic E-state index is -1.11. The van der Waals surface area contributed by atoms with Crippen molar-refractivity contribution in [2.24, 2.45) is 5.92 Å². The predicted molar refractivity (Wildman–Crippen MR) is 68.1 cm³/mol. The van der Waals surface area contributed by atoms with E-state index in [4.69, 9.17) is 9.84 Å². The van der Waals surface area contributed by atoms with Gasteiger partial charge in [-0.15, -0.1) is 0 Å². The fourth-order valence-electron chi connectivity index (χ4n) is 2.62. The lowest BCUT2D eigenvalue weighted by molar-refractivity contribution is -0.144. The minimum Gasteiger partial charge on any atom is -0.480 e. The first-order valence-corrected chi connectivity index (χ1v) is 6.57. The molecule has 112 valence electrons. The van der Waals surface area contributed by atoms with Crippen LogP contribution in [0.1, 0.15) is 6.42 Å². The summed E-state index contributed by atoms with van der Waals surface area (Å²) in [5.74, 6) is -1.17. The number of likely N-dealkylation sites (tertiary alicyclic amines) is 1. The molecule has 2 unspecified atom stereocenters. The highest BCUT2D eigenvalue weighted by Crippen LogP contribution is 2.19. The number of nitrogens with one attached hydrogen (secondary N) is 1. The molecular formula is C12H19N3O5. The summed E-state index contributed by atoms with van der Waals surface area (Å²) in [4.78, 5) is 37.7. The van der Waals surface area contributed by atoms with Crippen molar-refractivity contribution in [1.29, 1.82) is 0 Å². The maximum atomic E-state index is 12.4. The molecule has 2 aliphatic rings. The van der Waals surface area contributed by atoms with Gasteiger partial charge in [0.2, 0.25) is 5.91 Å². The minimum absolute atomic E-state index is 0.0464. The van der Waals surface area contributed by atoms with Gasteiger partial charge in [0.25, 0.3) is 0 Å². The first-order valence-electron chi connectivity index (χ1n) is 6.57. The molecule has 3 amide bonds. The van der Waals surface area contributed by atoms with Gasteiger partial charge in [-0.2, -0.15) is 0 Å². The number of hydrogen-bond acceptors (Lipinski definition) is 4. The van der Waals surface area contributed by atoms with Crippen LogP contribution in [0.4, 0.5) is 4.79 Å². The third-order valence-corrected chi connectivity index (χ3v) is 3.67. The summed E-state index contributed by atoms with van der Waals surface area (Å²) in [6.07, 6.45) is 0.831. The largest absolute Gasteiger partial charge is 0.480 e. The Morgan fingerprint density at radius 3 is 2.90 bits per heavy atom. The molecule has 8 nitrogen and oxygen atoms in total. The second kappa shape index (κ2) is 6.08. The Kier molecular flexibility index (Phi) is 4.43. The van der Waals surface area contributed by atoms with Gasteiger partial charge >= 0.3 is 12.0 Å². The second-order valence-corrected chi connectivity index (χ2v) is 5.12. The topological polar surface area (TPSA) is 99.2 Å². The van der Waals surface area contributed by atoms with E-state index in [1.165, 1.54) is 0 Å². The van der Waals surface area contributed by atoms with Crippen molar-refractivity contribution < 1.29 is 24.2 Å². The van der Waals surface area contributed by atoms with Gasteiger partial charge in [0, 0.05) is 32.7 Å². The fourth-order valence-corrected chi connectivity index (χ4v) is 2.62. The van der Waals surface area contributed by atoms with Crippen LogP contribution in [0.3, 0.4) is 0 Å². The molecule has 0 spiro atoms. The van der Waals surface area contributed by atoms with Gasteiger partial charge in [-0.1, -0.05) is 0 Å². The number of carboxylic acid groups (broad SMARTS) is 1. The number of hydrogen-bond donors (Lipinski definition) is 2. The van der Waals surface area contributed by atoms with Crippen LogP contribution in [0.2, 0.25) is 0 Å². The number of carbonyl (C=O) groups is 3. The number of ether oxygens (including phenoxy) is 1. The van der Waals surface area contributed by atoms with E-state index in [1.807, 2.05) is 0 Å². The maximum absolute atomic E-state index is 12.4. The summed E-state index contributed by atoms with van der Waals surface area (Å²) in [6, 6.07) is -1.38. The molecule has 0 radical (unpaired) electrons. The van der Waals surface area contributed by atoms with Gasteiger partial charge in [0.15, 0.2) is 0 Å². The van der Waals surface area contributed by atoms with Crippen LogP contribution in [0.5, 0.6) is 0 Å². The highest BCUT2D eigenvalue weighted by molar-refractivity contribution is 5.90. The van der Waals surface area contributed by atoms with E-state index in [0.29, 0.717) is 19.7 Å². The Balaban J connectivity index is 2.02. The molecule has 2 saturated heterocycles. The van der Waals surface area contributed by atoms with E-state index in [1.54, 1.807) is 12.0 Å². The van der Waals surface area contributed by atoms with Crippen molar-refractivity contribution in [3.05, 3.63) is 0 Å². The molecule has 2 N–H and O–H groups in total. The molecule has 2 atom stereocenters. The zero-order chi connectivity index (χ0) is 14.7. The summed E-state index contributed by atoms with van der Waals surface area (Å²) in [7, 11) is 1.61. The number of methoxy groups -OCH3 is 1. The van der Waals surface area contributed by atoms with Crippen molar-refractivity contribution in [3.8, 4) is 0 Å². The first-order chi connectivity index (χ1) is 9.52. The molecule has 2 fully saturated rings. The zero-order valence-electron chi connectivity index (χ0n) is 11.4. The highest BCUT2D eigenvalue weighted by Gasteiger charge is 2.39. The smallest absolute Gasteiger partial charge is 0.328 e. The van der Waals surface area contributed by atoms with E-state index >= 15 is 0 Å². The monoisotopic (exact) mass is 285 g/mol. The van der Waals surface area contributed by atoms with Crippen molar-refractivity contribution >= 4 is 17.9 Å². The highest BCUT2D eigenvalue weighted by atomic mass is 16.5. The lowest BCUT2D eigenvalue weighted by atomic mass is 10.1. The Hall–Kier alpha value is -1.83. The normalized spacial score (nSPS) is 26.6. The number of piperazine rings is 1. The average Bonchev–Trinajstić information content (AvgIpc) is 2.86. The van der Waals surface area contributed by atoms with Gasteiger partial charge in [0.05, 0.1) is 6.61 Å². The lowest BCUT2D eigenvalue weighted by Gasteiger charge is -2.35. The summed E-state index contributed by atoms with van der Waals surface area (Å²) in [5.41, 5.74) is 0. The van der Waals surface area contributed by atoms with Crippen LogP contribution < -0.4 is 5.32 Å². The van der Waals surface area contributed by atoms with Crippen molar-refractivity contribution in [2.45, 2.75) is 12.5 Å². The van der Waals surface area contributed by atoms with Crippen LogP contribution in [-0.2, 0) is 14.3 Å². The molecule has 0 saturated carbocycles. The van der Waals surface area contributed by atoms with Crippen molar-refractivity contribution in [3.63, 3.8) is 0 Å². The number of carbonyl (C=O) groups excluding carboxylic acids is 2. The predicted octanol–water partition coefficient (Wildman–Crippen LogP) is -1.04. The van der Waals surface area contributed by atoms with Crippen molar-refractivity contribution in [1.82, 2.24) is 15.1 Å². The van der Waals surface area contributed by atoms with Crippen LogP contribution in [0.25, 0.3) is 0 Å². The molecule has 0 aromatic heterocycles. The molecule has 20 heavy (non-hydrogen) atoms. The van der Waals surface area contributed by atoms with E-state index in [0.717, 1.165) is 11.3 Å². The fraction of sp³-hybridized carbons (Fsp3) is 0.750. The van der Waals surface area contributed by atoms with E-state index < -0.39 is 12.0 Å². The van der Waals surface area contributed by atoms with Crippen LogP contribution in [-0.4, -0.2) is 78.8 Å². The second-order valence-electron chi connectivity index (χ2n) is 5.12. The Bertz CT molecular complexity index is 414. The summed E-state index contributed by atoms with van der Waals surface area (Å²) in [5, 5.41) is 11.6. The number of amides is 3. The number of urea groups is 1. The maximum Gasteiger partial charge on any atom is 0.328 e. The third kappa shape index (κ3) is 3.01. The number of aliphatic carboxylic acids is 1. The molecule has 8 heteroatoms. The molecule has 0 aromatic rings. The van der Waals surface area contributed by atoms with Crippen LogP contribution >= 0.6 is 0 Å². The Labute approximate surface area is 116 Å². The molecule has 2 heterocycles.